The number of likely N-dealkylation sites (N-methyl/N-ethyl adjacent to an activating group) is 2. The molecule has 2 N–H and O–H groups in total. The predicted octanol–water partition coefficient (Wildman–Crippen LogP) is 0.115. The lowest BCUT2D eigenvalue weighted by Gasteiger charge is -2.29. The number of nitrogens with one attached hydrogen (secondary N) is 2. The first-order valence-electron chi connectivity index (χ1n) is 9.67. The molecule has 8 nitrogen and oxygen atoms in total. The molecule has 1 fully saturated rings. The molecule has 0 saturated carbocycles. The third-order valence-electron chi connectivity index (χ3n) is 5.19. The maximum atomic E-state index is 13.1. The number of nitrogens with zero attached hydrogens (tertiary/aromatic N) is 2. The Balaban J connectivity index is 1.64. The van der Waals surface area contributed by atoms with Crippen LogP contribution in [-0.4, -0.2) is 74.0 Å². The third kappa shape index (κ3) is 4.57. The van der Waals surface area contributed by atoms with Crippen LogP contribution in [0.1, 0.15) is 34.3 Å². The van der Waals surface area contributed by atoms with Crippen molar-refractivity contribution in [3.63, 3.8) is 0 Å². The molecule has 2 aliphatic heterocycles. The van der Waals surface area contributed by atoms with Crippen LogP contribution < -0.4 is 10.6 Å². The molecule has 1 unspecified atom stereocenters. The highest BCUT2D eigenvalue weighted by Crippen LogP contribution is 2.30. The lowest BCUT2D eigenvalue weighted by Crippen LogP contribution is -2.52. The molecular weight excluding hydrogens is 360 g/mol. The largest absolute Gasteiger partial charge is 0.379 e. The van der Waals surface area contributed by atoms with Gasteiger partial charge in [-0.15, -0.1) is 0 Å². The molecule has 8 heteroatoms. The van der Waals surface area contributed by atoms with Crippen LogP contribution in [0.15, 0.2) is 18.2 Å². The molecular formula is C20H28N4O4. The molecule has 1 aromatic carbocycles. The number of carbonyl (C=O) groups excluding carboxylic acids is 3. The van der Waals surface area contributed by atoms with Crippen molar-refractivity contribution >= 4 is 17.7 Å². The second kappa shape index (κ2) is 9.27. The Morgan fingerprint density at radius 1 is 1.29 bits per heavy atom. The van der Waals surface area contributed by atoms with Crippen LogP contribution >= 0.6 is 0 Å². The van der Waals surface area contributed by atoms with E-state index in [0.29, 0.717) is 38.3 Å². The molecule has 2 heterocycles. The first kappa shape index (κ1) is 20.4. The van der Waals surface area contributed by atoms with E-state index in [4.69, 9.17) is 4.74 Å². The lowest BCUT2D eigenvalue weighted by atomic mass is 10.0. The van der Waals surface area contributed by atoms with Gasteiger partial charge in [0.25, 0.3) is 5.91 Å². The summed E-state index contributed by atoms with van der Waals surface area (Å²) in [5.41, 5.74) is 2.58. The van der Waals surface area contributed by atoms with Crippen LogP contribution in [0.3, 0.4) is 0 Å². The van der Waals surface area contributed by atoms with Gasteiger partial charge in [-0.05, 0) is 31.6 Å². The molecule has 3 rings (SSSR count). The quantitative estimate of drug-likeness (QED) is 0.461. The van der Waals surface area contributed by atoms with E-state index in [1.807, 2.05) is 32.3 Å². The standard InChI is InChI=1S/C20H28N4O4/c1-21-8-10-28-11-9-23(2)12-14-4-3-5-15-13-24(20(27)18(14)15)16-6-7-17(25)22-19(16)26/h3-5,16,21H,6-13H2,1-2H3,(H,22,25,26). The molecule has 0 radical (unpaired) electrons. The smallest absolute Gasteiger partial charge is 0.255 e. The fourth-order valence-electron chi connectivity index (χ4n) is 3.69. The molecule has 3 amide bonds. The summed E-state index contributed by atoms with van der Waals surface area (Å²) in [4.78, 5) is 40.4. The zero-order chi connectivity index (χ0) is 20.1. The van der Waals surface area contributed by atoms with Crippen molar-refractivity contribution in [1.82, 2.24) is 20.4 Å². The van der Waals surface area contributed by atoms with E-state index in [9.17, 15) is 14.4 Å². The highest BCUT2D eigenvalue weighted by atomic mass is 16.5. The fourth-order valence-corrected chi connectivity index (χ4v) is 3.69. The monoisotopic (exact) mass is 388 g/mol. The minimum atomic E-state index is -0.580. The molecule has 0 spiro atoms. The minimum absolute atomic E-state index is 0.126. The van der Waals surface area contributed by atoms with E-state index in [1.54, 1.807) is 4.90 Å². The maximum Gasteiger partial charge on any atom is 0.255 e. The summed E-state index contributed by atoms with van der Waals surface area (Å²) in [5.74, 6) is -0.779. The van der Waals surface area contributed by atoms with E-state index in [-0.39, 0.29) is 24.1 Å². The Hall–Kier alpha value is -2.29. The number of piperidine rings is 1. The summed E-state index contributed by atoms with van der Waals surface area (Å²) >= 11 is 0. The van der Waals surface area contributed by atoms with Crippen LogP contribution in [0.25, 0.3) is 0 Å². The summed E-state index contributed by atoms with van der Waals surface area (Å²) in [5, 5.41) is 5.38. The first-order valence-corrected chi connectivity index (χ1v) is 9.67. The number of ether oxygens (including phenoxy) is 1. The fraction of sp³-hybridized carbons (Fsp3) is 0.550. The van der Waals surface area contributed by atoms with Gasteiger partial charge < -0.3 is 15.0 Å². The van der Waals surface area contributed by atoms with Crippen molar-refractivity contribution in [2.75, 3.05) is 40.4 Å². The van der Waals surface area contributed by atoms with Gasteiger partial charge in [0.1, 0.15) is 6.04 Å². The number of fused-ring (bicyclic) bond motifs is 1. The Kier molecular flexibility index (Phi) is 6.77. The zero-order valence-electron chi connectivity index (χ0n) is 16.5. The van der Waals surface area contributed by atoms with E-state index in [2.05, 4.69) is 15.5 Å². The third-order valence-corrected chi connectivity index (χ3v) is 5.19. The van der Waals surface area contributed by atoms with Gasteiger partial charge in [0, 0.05) is 38.2 Å². The van der Waals surface area contributed by atoms with Crippen LogP contribution in [-0.2, 0) is 27.4 Å². The van der Waals surface area contributed by atoms with E-state index in [1.165, 1.54) is 0 Å². The van der Waals surface area contributed by atoms with E-state index < -0.39 is 6.04 Å². The van der Waals surface area contributed by atoms with Gasteiger partial charge in [-0.25, -0.2) is 0 Å². The van der Waals surface area contributed by atoms with Crippen molar-refractivity contribution < 1.29 is 19.1 Å². The zero-order valence-corrected chi connectivity index (χ0v) is 16.5. The molecule has 0 aliphatic carbocycles. The molecule has 0 bridgehead atoms. The topological polar surface area (TPSA) is 91.0 Å². The number of hydrogen-bond acceptors (Lipinski definition) is 6. The molecule has 152 valence electrons. The number of amides is 3. The van der Waals surface area contributed by atoms with Crippen LogP contribution in [0.5, 0.6) is 0 Å². The Labute approximate surface area is 165 Å². The average molecular weight is 388 g/mol. The summed E-state index contributed by atoms with van der Waals surface area (Å²) in [7, 11) is 3.89. The number of rotatable bonds is 9. The predicted molar refractivity (Wildman–Crippen MR) is 104 cm³/mol. The van der Waals surface area contributed by atoms with Crippen LogP contribution in [0.2, 0.25) is 0 Å². The Morgan fingerprint density at radius 2 is 2.11 bits per heavy atom. The maximum absolute atomic E-state index is 13.1. The van der Waals surface area contributed by atoms with Crippen molar-refractivity contribution in [3.05, 3.63) is 34.9 Å². The Morgan fingerprint density at radius 3 is 2.86 bits per heavy atom. The van der Waals surface area contributed by atoms with Gasteiger partial charge in [0.05, 0.1) is 13.2 Å². The summed E-state index contributed by atoms with van der Waals surface area (Å²) < 4.78 is 5.56. The molecule has 28 heavy (non-hydrogen) atoms. The number of imide groups is 1. The lowest BCUT2D eigenvalue weighted by molar-refractivity contribution is -0.136. The number of hydrogen-bond donors (Lipinski definition) is 2. The van der Waals surface area contributed by atoms with Crippen molar-refractivity contribution in [3.8, 4) is 0 Å². The van der Waals surface area contributed by atoms with Crippen molar-refractivity contribution in [2.45, 2.75) is 32.0 Å². The van der Waals surface area contributed by atoms with Crippen molar-refractivity contribution in [1.29, 1.82) is 0 Å². The van der Waals surface area contributed by atoms with Gasteiger partial charge in [-0.3, -0.25) is 24.6 Å². The van der Waals surface area contributed by atoms with Crippen LogP contribution in [0.4, 0.5) is 0 Å². The highest BCUT2D eigenvalue weighted by Gasteiger charge is 2.39. The van der Waals surface area contributed by atoms with Crippen LogP contribution in [0, 0.1) is 0 Å². The Bertz CT molecular complexity index is 752. The normalized spacial score (nSPS) is 19.3. The SMILES string of the molecule is CNCCOCCN(C)Cc1cccc2c1C(=O)N(C1CCC(=O)NC1=O)C2. The van der Waals surface area contributed by atoms with Gasteiger partial charge in [0.2, 0.25) is 11.8 Å². The minimum Gasteiger partial charge on any atom is -0.379 e. The summed E-state index contributed by atoms with van der Waals surface area (Å²) in [6.07, 6.45) is 0.642. The van der Waals surface area contributed by atoms with Gasteiger partial charge >= 0.3 is 0 Å². The molecule has 1 aromatic rings. The van der Waals surface area contributed by atoms with Gasteiger partial charge in [0.15, 0.2) is 0 Å². The first-order chi connectivity index (χ1) is 13.5. The second-order valence-corrected chi connectivity index (χ2v) is 7.30. The van der Waals surface area contributed by atoms with Gasteiger partial charge in [-0.2, -0.15) is 0 Å². The number of benzene rings is 1. The van der Waals surface area contributed by atoms with Crippen molar-refractivity contribution in [2.24, 2.45) is 0 Å². The average Bonchev–Trinajstić information content (AvgIpc) is 2.99. The molecule has 1 atom stereocenters. The summed E-state index contributed by atoms with van der Waals surface area (Å²) in [6.45, 7) is 3.92. The molecule has 2 aliphatic rings. The van der Waals surface area contributed by atoms with E-state index in [0.717, 1.165) is 24.2 Å². The summed E-state index contributed by atoms with van der Waals surface area (Å²) in [6, 6.07) is 5.27. The van der Waals surface area contributed by atoms with Gasteiger partial charge in [-0.1, -0.05) is 18.2 Å². The second-order valence-electron chi connectivity index (χ2n) is 7.30. The highest BCUT2D eigenvalue weighted by molar-refractivity contribution is 6.05. The van der Waals surface area contributed by atoms with E-state index >= 15 is 0 Å². The molecule has 1 saturated heterocycles. The molecule has 0 aromatic heterocycles. The number of carbonyl (C=O) groups is 3.